The van der Waals surface area contributed by atoms with Crippen molar-refractivity contribution >= 4 is 23.4 Å². The van der Waals surface area contributed by atoms with Crippen molar-refractivity contribution in [3.8, 4) is 5.75 Å². The van der Waals surface area contributed by atoms with Crippen LogP contribution < -0.4 is 9.64 Å². The van der Waals surface area contributed by atoms with E-state index in [1.807, 2.05) is 24.3 Å². The molecule has 0 saturated carbocycles. The molecule has 2 aromatic carbocycles. The van der Waals surface area contributed by atoms with Crippen molar-refractivity contribution in [1.29, 1.82) is 0 Å². The van der Waals surface area contributed by atoms with Crippen LogP contribution in [0.2, 0.25) is 0 Å². The molecule has 0 radical (unpaired) electrons. The molecule has 0 spiro atoms. The minimum atomic E-state index is -0.458. The Bertz CT molecular complexity index is 662. The zero-order valence-corrected chi connectivity index (χ0v) is 12.1. The molecule has 0 N–H and O–H groups in total. The summed E-state index contributed by atoms with van der Waals surface area (Å²) in [5.74, 6) is 0.332. The van der Waals surface area contributed by atoms with Gasteiger partial charge in [0.15, 0.2) is 18.2 Å². The molecule has 2 aromatic rings. The van der Waals surface area contributed by atoms with Gasteiger partial charge in [-0.15, -0.1) is 11.8 Å². The highest BCUT2D eigenvalue weighted by Crippen LogP contribution is 2.34. The third-order valence-electron chi connectivity index (χ3n) is 3.22. The standard InChI is InChI=1S/C16H14FNO2S/c17-12-5-1-3-7-14(12)20-11-16(19)18-9-10-21-15-8-4-2-6-13(15)18/h1-8H,9-11H2. The summed E-state index contributed by atoms with van der Waals surface area (Å²) in [6.07, 6.45) is 0. The molecule has 1 heterocycles. The molecule has 108 valence electrons. The third-order valence-corrected chi connectivity index (χ3v) is 4.26. The summed E-state index contributed by atoms with van der Waals surface area (Å²) >= 11 is 1.73. The molecule has 0 aliphatic carbocycles. The molecule has 1 amide bonds. The predicted octanol–water partition coefficient (Wildman–Crippen LogP) is 3.34. The second-order valence-electron chi connectivity index (χ2n) is 4.58. The maximum atomic E-state index is 13.5. The van der Waals surface area contributed by atoms with Crippen LogP contribution in [0.15, 0.2) is 53.4 Å². The number of thioether (sulfide) groups is 1. The first kappa shape index (κ1) is 13.9. The first-order chi connectivity index (χ1) is 10.3. The van der Waals surface area contributed by atoms with Crippen molar-refractivity contribution in [1.82, 2.24) is 0 Å². The van der Waals surface area contributed by atoms with E-state index in [1.54, 1.807) is 28.8 Å². The van der Waals surface area contributed by atoms with Crippen LogP contribution in [0.25, 0.3) is 0 Å². The van der Waals surface area contributed by atoms with E-state index in [0.29, 0.717) is 6.54 Å². The van der Waals surface area contributed by atoms with Gasteiger partial charge in [0.25, 0.3) is 5.91 Å². The molecular weight excluding hydrogens is 289 g/mol. The van der Waals surface area contributed by atoms with Gasteiger partial charge in [0.1, 0.15) is 0 Å². The fraction of sp³-hybridized carbons (Fsp3) is 0.188. The van der Waals surface area contributed by atoms with E-state index in [1.165, 1.54) is 12.1 Å². The highest BCUT2D eigenvalue weighted by molar-refractivity contribution is 7.99. The Hall–Kier alpha value is -2.01. The Kier molecular flexibility index (Phi) is 4.10. The van der Waals surface area contributed by atoms with Crippen LogP contribution in [0.3, 0.4) is 0 Å². The zero-order chi connectivity index (χ0) is 14.7. The minimum Gasteiger partial charge on any atom is -0.481 e. The molecule has 0 atom stereocenters. The molecule has 0 bridgehead atoms. The van der Waals surface area contributed by atoms with Crippen LogP contribution in [-0.4, -0.2) is 24.8 Å². The summed E-state index contributed by atoms with van der Waals surface area (Å²) in [6.45, 7) is 0.473. The fourth-order valence-electron chi connectivity index (χ4n) is 2.21. The molecule has 5 heteroatoms. The van der Waals surface area contributed by atoms with Gasteiger partial charge in [-0.3, -0.25) is 4.79 Å². The number of para-hydroxylation sites is 2. The monoisotopic (exact) mass is 303 g/mol. The number of anilines is 1. The predicted molar refractivity (Wildman–Crippen MR) is 81.4 cm³/mol. The maximum absolute atomic E-state index is 13.5. The largest absolute Gasteiger partial charge is 0.481 e. The van der Waals surface area contributed by atoms with Gasteiger partial charge in [0.05, 0.1) is 5.69 Å². The summed E-state index contributed by atoms with van der Waals surface area (Å²) in [5.41, 5.74) is 0.899. The second-order valence-corrected chi connectivity index (χ2v) is 5.72. The summed E-state index contributed by atoms with van der Waals surface area (Å²) < 4.78 is 18.8. The van der Waals surface area contributed by atoms with E-state index < -0.39 is 5.82 Å². The number of fused-ring (bicyclic) bond motifs is 1. The normalized spacial score (nSPS) is 13.7. The summed E-state index contributed by atoms with van der Waals surface area (Å²) in [7, 11) is 0. The van der Waals surface area contributed by atoms with Crippen LogP contribution in [0.1, 0.15) is 0 Å². The molecular formula is C16H14FNO2S. The van der Waals surface area contributed by atoms with E-state index in [2.05, 4.69) is 0 Å². The lowest BCUT2D eigenvalue weighted by Crippen LogP contribution is -2.38. The Balaban J connectivity index is 1.71. The van der Waals surface area contributed by atoms with Gasteiger partial charge in [-0.25, -0.2) is 4.39 Å². The summed E-state index contributed by atoms with van der Waals surface area (Å²) in [5, 5.41) is 0. The first-order valence-electron chi connectivity index (χ1n) is 6.65. The van der Waals surface area contributed by atoms with E-state index in [4.69, 9.17) is 4.74 Å². The van der Waals surface area contributed by atoms with Gasteiger partial charge in [-0.2, -0.15) is 0 Å². The number of halogens is 1. The SMILES string of the molecule is O=C(COc1ccccc1F)N1CCSc2ccccc21. The molecule has 3 nitrogen and oxygen atoms in total. The number of ether oxygens (including phenoxy) is 1. The number of nitrogens with zero attached hydrogens (tertiary/aromatic N) is 1. The van der Waals surface area contributed by atoms with Crippen molar-refractivity contribution < 1.29 is 13.9 Å². The number of rotatable bonds is 3. The minimum absolute atomic E-state index is 0.102. The van der Waals surface area contributed by atoms with E-state index in [-0.39, 0.29) is 18.3 Å². The fourth-order valence-corrected chi connectivity index (χ4v) is 3.20. The Morgan fingerprint density at radius 2 is 1.95 bits per heavy atom. The van der Waals surface area contributed by atoms with Crippen molar-refractivity contribution in [2.24, 2.45) is 0 Å². The van der Waals surface area contributed by atoms with Gasteiger partial charge in [-0.1, -0.05) is 24.3 Å². The Labute approximate surface area is 126 Å². The smallest absolute Gasteiger partial charge is 0.264 e. The van der Waals surface area contributed by atoms with E-state index in [9.17, 15) is 9.18 Å². The van der Waals surface area contributed by atoms with Gasteiger partial charge in [-0.05, 0) is 24.3 Å². The molecule has 3 rings (SSSR count). The average molecular weight is 303 g/mol. The van der Waals surface area contributed by atoms with Crippen LogP contribution in [0.5, 0.6) is 5.75 Å². The van der Waals surface area contributed by atoms with E-state index >= 15 is 0 Å². The first-order valence-corrected chi connectivity index (χ1v) is 7.64. The quantitative estimate of drug-likeness (QED) is 0.871. The zero-order valence-electron chi connectivity index (χ0n) is 11.3. The molecule has 0 aromatic heterocycles. The molecule has 21 heavy (non-hydrogen) atoms. The summed E-state index contributed by atoms with van der Waals surface area (Å²) in [4.78, 5) is 15.1. The van der Waals surface area contributed by atoms with Crippen molar-refractivity contribution in [3.63, 3.8) is 0 Å². The number of hydrogen-bond donors (Lipinski definition) is 0. The van der Waals surface area contributed by atoms with Crippen molar-refractivity contribution in [3.05, 3.63) is 54.3 Å². The molecule has 0 unspecified atom stereocenters. The molecule has 1 aliphatic heterocycles. The molecule has 0 saturated heterocycles. The number of hydrogen-bond acceptors (Lipinski definition) is 3. The van der Waals surface area contributed by atoms with Crippen molar-refractivity contribution in [2.45, 2.75) is 4.90 Å². The van der Waals surface area contributed by atoms with Crippen molar-refractivity contribution in [2.75, 3.05) is 23.8 Å². The van der Waals surface area contributed by atoms with Gasteiger partial charge >= 0.3 is 0 Å². The van der Waals surface area contributed by atoms with Gasteiger partial charge < -0.3 is 9.64 Å². The molecule has 0 fully saturated rings. The maximum Gasteiger partial charge on any atom is 0.264 e. The number of carbonyl (C=O) groups is 1. The van der Waals surface area contributed by atoms with E-state index in [0.717, 1.165) is 16.3 Å². The topological polar surface area (TPSA) is 29.5 Å². The lowest BCUT2D eigenvalue weighted by molar-refractivity contribution is -0.120. The van der Waals surface area contributed by atoms with Gasteiger partial charge in [0.2, 0.25) is 0 Å². The Morgan fingerprint density at radius 3 is 2.81 bits per heavy atom. The van der Waals surface area contributed by atoms with Crippen LogP contribution in [0.4, 0.5) is 10.1 Å². The van der Waals surface area contributed by atoms with Crippen LogP contribution in [-0.2, 0) is 4.79 Å². The van der Waals surface area contributed by atoms with Crippen LogP contribution >= 0.6 is 11.8 Å². The van der Waals surface area contributed by atoms with Gasteiger partial charge in [0, 0.05) is 17.2 Å². The lowest BCUT2D eigenvalue weighted by atomic mass is 10.2. The second kappa shape index (κ2) is 6.18. The number of benzene rings is 2. The highest BCUT2D eigenvalue weighted by Gasteiger charge is 2.23. The Morgan fingerprint density at radius 1 is 1.19 bits per heavy atom. The average Bonchev–Trinajstić information content (AvgIpc) is 2.53. The number of amides is 1. The number of carbonyl (C=O) groups excluding carboxylic acids is 1. The van der Waals surface area contributed by atoms with Crippen LogP contribution in [0, 0.1) is 5.82 Å². The summed E-state index contributed by atoms with van der Waals surface area (Å²) in [6, 6.07) is 13.9. The lowest BCUT2D eigenvalue weighted by Gasteiger charge is -2.28. The third kappa shape index (κ3) is 3.03. The molecule has 1 aliphatic rings. The highest BCUT2D eigenvalue weighted by atomic mass is 32.2.